The zero-order valence-corrected chi connectivity index (χ0v) is 7.01. The molecule has 2 heterocycles. The molecular formula is C9H14N2. The topological polar surface area (TPSA) is 15.6 Å². The normalized spacial score (nSPS) is 23.9. The maximum Gasteiger partial charge on any atom is 0.105 e. The monoisotopic (exact) mass is 150 g/mol. The second-order valence-electron chi connectivity index (χ2n) is 3.28. The van der Waals surface area contributed by atoms with Crippen LogP contribution in [0.2, 0.25) is 0 Å². The Hall–Kier alpha value is -0.790. The molecule has 0 atom stereocenters. The highest BCUT2D eigenvalue weighted by molar-refractivity contribution is 5.84. The van der Waals surface area contributed by atoms with Crippen LogP contribution in [0.4, 0.5) is 0 Å². The SMILES string of the molecule is CC1=CCN2CCCCC2=N1. The molecule has 60 valence electrons. The first-order chi connectivity index (χ1) is 5.36. The van der Waals surface area contributed by atoms with Gasteiger partial charge in [0.25, 0.3) is 0 Å². The number of piperidine rings is 1. The van der Waals surface area contributed by atoms with Gasteiger partial charge in [0, 0.05) is 25.2 Å². The number of rotatable bonds is 0. The molecule has 2 nitrogen and oxygen atoms in total. The van der Waals surface area contributed by atoms with Crippen molar-refractivity contribution in [3.8, 4) is 0 Å². The molecule has 0 amide bonds. The minimum Gasteiger partial charge on any atom is -0.356 e. The van der Waals surface area contributed by atoms with Gasteiger partial charge in [0.05, 0.1) is 0 Å². The summed E-state index contributed by atoms with van der Waals surface area (Å²) < 4.78 is 0. The third-order valence-corrected chi connectivity index (χ3v) is 2.36. The van der Waals surface area contributed by atoms with E-state index in [1.807, 2.05) is 0 Å². The summed E-state index contributed by atoms with van der Waals surface area (Å²) >= 11 is 0. The van der Waals surface area contributed by atoms with Crippen LogP contribution < -0.4 is 0 Å². The zero-order chi connectivity index (χ0) is 7.68. The van der Waals surface area contributed by atoms with E-state index >= 15 is 0 Å². The number of fused-ring (bicyclic) bond motifs is 1. The molecule has 0 radical (unpaired) electrons. The molecule has 11 heavy (non-hydrogen) atoms. The van der Waals surface area contributed by atoms with Crippen molar-refractivity contribution in [3.05, 3.63) is 11.8 Å². The molecule has 1 saturated heterocycles. The number of aliphatic imine (C=N–C) groups is 1. The lowest BCUT2D eigenvalue weighted by molar-refractivity contribution is 0.396. The highest BCUT2D eigenvalue weighted by Gasteiger charge is 2.17. The zero-order valence-electron chi connectivity index (χ0n) is 7.01. The largest absolute Gasteiger partial charge is 0.356 e. The minimum absolute atomic E-state index is 1.09. The van der Waals surface area contributed by atoms with Crippen molar-refractivity contribution < 1.29 is 0 Å². The lowest BCUT2D eigenvalue weighted by Crippen LogP contribution is -2.37. The Bertz CT molecular complexity index is 216. The van der Waals surface area contributed by atoms with Crippen LogP contribution in [-0.4, -0.2) is 23.8 Å². The molecule has 0 aliphatic carbocycles. The van der Waals surface area contributed by atoms with E-state index in [1.54, 1.807) is 0 Å². The second-order valence-corrected chi connectivity index (χ2v) is 3.28. The molecule has 0 unspecified atom stereocenters. The summed E-state index contributed by atoms with van der Waals surface area (Å²) in [5, 5.41) is 0. The van der Waals surface area contributed by atoms with E-state index in [0.717, 1.165) is 6.54 Å². The lowest BCUT2D eigenvalue weighted by atomic mass is 10.1. The Kier molecular flexibility index (Phi) is 1.68. The van der Waals surface area contributed by atoms with Crippen molar-refractivity contribution >= 4 is 5.84 Å². The van der Waals surface area contributed by atoms with Crippen molar-refractivity contribution in [2.75, 3.05) is 13.1 Å². The van der Waals surface area contributed by atoms with Crippen molar-refractivity contribution in [3.63, 3.8) is 0 Å². The molecule has 2 rings (SSSR count). The standard InChI is InChI=1S/C9H14N2/c1-8-5-7-11-6-3-2-4-9(11)10-8/h5H,2-4,6-7H2,1H3. The summed E-state index contributed by atoms with van der Waals surface area (Å²) in [7, 11) is 0. The third-order valence-electron chi connectivity index (χ3n) is 2.36. The molecule has 0 saturated carbocycles. The Morgan fingerprint density at radius 1 is 1.45 bits per heavy atom. The third kappa shape index (κ3) is 1.30. The summed E-state index contributed by atoms with van der Waals surface area (Å²) in [6.07, 6.45) is 6.05. The molecular weight excluding hydrogens is 136 g/mol. The highest BCUT2D eigenvalue weighted by atomic mass is 15.2. The molecule has 0 N–H and O–H groups in total. The van der Waals surface area contributed by atoms with Gasteiger partial charge in [0.15, 0.2) is 0 Å². The molecule has 0 aromatic heterocycles. The quantitative estimate of drug-likeness (QED) is 0.514. The summed E-state index contributed by atoms with van der Waals surface area (Å²) in [5.74, 6) is 1.32. The molecule has 1 fully saturated rings. The fraction of sp³-hybridized carbons (Fsp3) is 0.667. The van der Waals surface area contributed by atoms with Crippen molar-refractivity contribution in [1.82, 2.24) is 4.90 Å². The van der Waals surface area contributed by atoms with Crippen LogP contribution in [0.15, 0.2) is 16.8 Å². The van der Waals surface area contributed by atoms with Crippen LogP contribution in [-0.2, 0) is 0 Å². The van der Waals surface area contributed by atoms with Crippen LogP contribution in [0.25, 0.3) is 0 Å². The molecule has 2 aliphatic rings. The smallest absolute Gasteiger partial charge is 0.105 e. The first-order valence-electron chi connectivity index (χ1n) is 4.35. The number of nitrogens with zero attached hydrogens (tertiary/aromatic N) is 2. The van der Waals surface area contributed by atoms with Crippen LogP contribution in [0.1, 0.15) is 26.2 Å². The van der Waals surface area contributed by atoms with Crippen LogP contribution in [0.3, 0.4) is 0 Å². The van der Waals surface area contributed by atoms with Crippen LogP contribution >= 0.6 is 0 Å². The number of hydrogen-bond donors (Lipinski definition) is 0. The first-order valence-corrected chi connectivity index (χ1v) is 4.35. The second kappa shape index (κ2) is 2.68. The molecule has 0 spiro atoms. The Morgan fingerprint density at radius 2 is 2.36 bits per heavy atom. The van der Waals surface area contributed by atoms with E-state index in [-0.39, 0.29) is 0 Å². The van der Waals surface area contributed by atoms with Crippen molar-refractivity contribution in [2.45, 2.75) is 26.2 Å². The Morgan fingerprint density at radius 3 is 3.27 bits per heavy atom. The average Bonchev–Trinajstić information content (AvgIpc) is 2.04. The van der Waals surface area contributed by atoms with Crippen LogP contribution in [0.5, 0.6) is 0 Å². The van der Waals surface area contributed by atoms with Crippen molar-refractivity contribution in [1.29, 1.82) is 0 Å². The molecule has 0 aromatic carbocycles. The fourth-order valence-electron chi connectivity index (χ4n) is 1.69. The fourth-order valence-corrected chi connectivity index (χ4v) is 1.69. The average molecular weight is 150 g/mol. The predicted octanol–water partition coefficient (Wildman–Crippen LogP) is 1.79. The maximum atomic E-state index is 4.51. The Balaban J connectivity index is 2.17. The number of hydrogen-bond acceptors (Lipinski definition) is 2. The summed E-state index contributed by atoms with van der Waals surface area (Å²) in [6.45, 7) is 4.38. The number of allylic oxidation sites excluding steroid dienone is 1. The number of amidine groups is 1. The van der Waals surface area contributed by atoms with Crippen molar-refractivity contribution in [2.24, 2.45) is 4.99 Å². The van der Waals surface area contributed by atoms with Crippen LogP contribution in [0, 0.1) is 0 Å². The van der Waals surface area contributed by atoms with E-state index in [1.165, 1.54) is 37.3 Å². The van der Waals surface area contributed by atoms with Gasteiger partial charge >= 0.3 is 0 Å². The van der Waals surface area contributed by atoms with E-state index in [2.05, 4.69) is 22.9 Å². The minimum atomic E-state index is 1.09. The van der Waals surface area contributed by atoms with E-state index in [4.69, 9.17) is 0 Å². The summed E-state index contributed by atoms with van der Waals surface area (Å²) in [4.78, 5) is 6.89. The van der Waals surface area contributed by atoms with Gasteiger partial charge in [-0.25, -0.2) is 4.99 Å². The van der Waals surface area contributed by atoms with Gasteiger partial charge in [0.2, 0.25) is 0 Å². The van der Waals surface area contributed by atoms with E-state index < -0.39 is 0 Å². The van der Waals surface area contributed by atoms with Gasteiger partial charge in [-0.1, -0.05) is 0 Å². The predicted molar refractivity (Wildman–Crippen MR) is 46.6 cm³/mol. The molecule has 0 bridgehead atoms. The van der Waals surface area contributed by atoms with Gasteiger partial charge < -0.3 is 4.90 Å². The first kappa shape index (κ1) is 6.89. The molecule has 2 heteroatoms. The summed E-state index contributed by atoms with van der Waals surface area (Å²) in [5.41, 5.74) is 1.19. The van der Waals surface area contributed by atoms with Gasteiger partial charge in [-0.15, -0.1) is 0 Å². The van der Waals surface area contributed by atoms with Gasteiger partial charge in [-0.05, 0) is 25.8 Å². The maximum absolute atomic E-state index is 4.51. The molecule has 0 aromatic rings. The lowest BCUT2D eigenvalue weighted by Gasteiger charge is -2.31. The van der Waals surface area contributed by atoms with E-state index in [0.29, 0.717) is 0 Å². The molecule has 2 aliphatic heterocycles. The van der Waals surface area contributed by atoms with E-state index in [9.17, 15) is 0 Å². The van der Waals surface area contributed by atoms with Gasteiger partial charge in [0.1, 0.15) is 5.84 Å². The highest BCUT2D eigenvalue weighted by Crippen LogP contribution is 2.17. The van der Waals surface area contributed by atoms with Gasteiger partial charge in [-0.2, -0.15) is 0 Å². The summed E-state index contributed by atoms with van der Waals surface area (Å²) in [6, 6.07) is 0. The Labute approximate surface area is 67.6 Å². The van der Waals surface area contributed by atoms with Gasteiger partial charge in [-0.3, -0.25) is 0 Å².